The lowest BCUT2D eigenvalue weighted by Gasteiger charge is -2.20. The Balaban J connectivity index is 1.64. The molecule has 0 aliphatic heterocycles. The maximum atomic E-state index is 12.8. The number of nitrogens with zero attached hydrogens (tertiary/aromatic N) is 3. The fourth-order valence-electron chi connectivity index (χ4n) is 4.24. The van der Waals surface area contributed by atoms with Crippen LogP contribution in [0.25, 0.3) is 22.3 Å². The normalized spacial score (nSPS) is 11.6. The second-order valence-corrected chi connectivity index (χ2v) is 10.0. The third kappa shape index (κ3) is 5.93. The van der Waals surface area contributed by atoms with Crippen LogP contribution in [-0.4, -0.2) is 32.7 Å². The Morgan fingerprint density at radius 2 is 1.72 bits per heavy atom. The molecule has 0 fully saturated rings. The van der Waals surface area contributed by atoms with Gasteiger partial charge in [0.05, 0.1) is 12.1 Å². The molecule has 0 saturated heterocycles. The number of rotatable bonds is 9. The summed E-state index contributed by atoms with van der Waals surface area (Å²) in [6.07, 6.45) is 3.12. The minimum Gasteiger partial charge on any atom is -0.456 e. The summed E-state index contributed by atoms with van der Waals surface area (Å²) < 4.78 is 7.86. The highest BCUT2D eigenvalue weighted by molar-refractivity contribution is 5.97. The van der Waals surface area contributed by atoms with Crippen LogP contribution in [0.4, 0.5) is 5.82 Å². The number of aromatic nitrogens is 3. The van der Waals surface area contributed by atoms with Gasteiger partial charge in [0.2, 0.25) is 0 Å². The summed E-state index contributed by atoms with van der Waals surface area (Å²) >= 11 is 0. The van der Waals surface area contributed by atoms with Gasteiger partial charge in [0.25, 0.3) is 0 Å². The predicted octanol–water partition coefficient (Wildman–Crippen LogP) is 6.88. The van der Waals surface area contributed by atoms with Gasteiger partial charge in [-0.2, -0.15) is 0 Å². The summed E-state index contributed by atoms with van der Waals surface area (Å²) in [6.45, 7) is 11.4. The number of unbranched alkanes of at least 4 members (excludes halogenated alkanes) is 1. The Bertz CT molecular complexity index is 1330. The first kappa shape index (κ1) is 25.4. The number of ether oxygens (including phenoxy) is 1. The smallest absolute Gasteiger partial charge is 0.339 e. The van der Waals surface area contributed by atoms with Gasteiger partial charge in [0.15, 0.2) is 5.65 Å². The monoisotopic (exact) mass is 484 g/mol. The topological polar surface area (TPSA) is 69.0 Å². The molecule has 4 rings (SSSR count). The quantitative estimate of drug-likeness (QED) is 0.262. The van der Waals surface area contributed by atoms with Gasteiger partial charge in [0.1, 0.15) is 22.8 Å². The van der Waals surface area contributed by atoms with E-state index in [0.29, 0.717) is 12.1 Å². The van der Waals surface area contributed by atoms with Crippen LogP contribution in [0.2, 0.25) is 0 Å². The maximum Gasteiger partial charge on any atom is 0.339 e. The van der Waals surface area contributed by atoms with Crippen molar-refractivity contribution in [3.05, 3.63) is 77.6 Å². The maximum absolute atomic E-state index is 12.8. The van der Waals surface area contributed by atoms with Gasteiger partial charge in [-0.15, -0.1) is 0 Å². The molecule has 6 nitrogen and oxygen atoms in total. The molecule has 2 aromatic carbocycles. The molecule has 6 heteroatoms. The Hall–Kier alpha value is -3.67. The van der Waals surface area contributed by atoms with Crippen molar-refractivity contribution in [2.75, 3.05) is 11.9 Å². The van der Waals surface area contributed by atoms with Crippen molar-refractivity contribution in [1.29, 1.82) is 0 Å². The van der Waals surface area contributed by atoms with Gasteiger partial charge in [-0.05, 0) is 69.0 Å². The Morgan fingerprint density at radius 1 is 0.972 bits per heavy atom. The Labute approximate surface area is 213 Å². The zero-order chi connectivity index (χ0) is 25.7. The van der Waals surface area contributed by atoms with E-state index in [1.165, 1.54) is 0 Å². The number of hydrogen-bond donors (Lipinski definition) is 1. The number of benzene rings is 2. The largest absolute Gasteiger partial charge is 0.456 e. The fourth-order valence-corrected chi connectivity index (χ4v) is 4.24. The number of aryl methyl sites for hydroxylation is 1. The van der Waals surface area contributed by atoms with Crippen LogP contribution in [0.1, 0.15) is 69.2 Å². The van der Waals surface area contributed by atoms with Crippen LogP contribution < -0.4 is 5.32 Å². The highest BCUT2D eigenvalue weighted by atomic mass is 16.6. The van der Waals surface area contributed by atoms with E-state index in [1.807, 2.05) is 57.2 Å². The molecule has 0 spiro atoms. The lowest BCUT2D eigenvalue weighted by atomic mass is 9.98. The SMILES string of the molecule is CCCCc1nc2ccc(NCC)nc2n1Cc1ccc(-c2ccccc2C(=O)OC(C)(C)C)cc1. The van der Waals surface area contributed by atoms with E-state index < -0.39 is 5.60 Å². The third-order valence-corrected chi connectivity index (χ3v) is 5.93. The summed E-state index contributed by atoms with van der Waals surface area (Å²) in [6, 6.07) is 20.0. The summed E-state index contributed by atoms with van der Waals surface area (Å²) in [5, 5.41) is 3.31. The lowest BCUT2D eigenvalue weighted by molar-refractivity contribution is 0.00704. The molecule has 0 amide bonds. The molecule has 1 N–H and O–H groups in total. The highest BCUT2D eigenvalue weighted by Gasteiger charge is 2.21. The molecule has 0 saturated carbocycles. The molecule has 4 aromatic rings. The molecular formula is C30H36N4O2. The van der Waals surface area contributed by atoms with E-state index in [1.54, 1.807) is 0 Å². The summed E-state index contributed by atoms with van der Waals surface area (Å²) in [5.74, 6) is 1.62. The molecule has 36 heavy (non-hydrogen) atoms. The number of imidazole rings is 1. The van der Waals surface area contributed by atoms with Crippen molar-refractivity contribution in [3.63, 3.8) is 0 Å². The van der Waals surface area contributed by atoms with Crippen LogP contribution in [0.15, 0.2) is 60.7 Å². The van der Waals surface area contributed by atoms with Crippen molar-refractivity contribution >= 4 is 23.0 Å². The van der Waals surface area contributed by atoms with Crippen LogP contribution in [0.3, 0.4) is 0 Å². The van der Waals surface area contributed by atoms with Crippen molar-refractivity contribution in [2.24, 2.45) is 0 Å². The molecule has 0 bridgehead atoms. The standard InChI is InChI=1S/C30H36N4O2/c1-6-8-13-27-32-25-18-19-26(31-7-2)33-28(25)34(27)20-21-14-16-22(17-15-21)23-11-9-10-12-24(23)29(35)36-30(3,4)5/h9-12,14-19H,6-8,13,20H2,1-5H3,(H,31,33). The first-order chi connectivity index (χ1) is 17.3. The molecule has 2 aromatic heterocycles. The zero-order valence-electron chi connectivity index (χ0n) is 22.0. The van der Waals surface area contributed by atoms with E-state index in [0.717, 1.165) is 65.3 Å². The highest BCUT2D eigenvalue weighted by Crippen LogP contribution is 2.27. The molecule has 2 heterocycles. The molecule has 0 atom stereocenters. The second kappa shape index (κ2) is 10.9. The molecule has 188 valence electrons. The lowest BCUT2D eigenvalue weighted by Crippen LogP contribution is -2.24. The summed E-state index contributed by atoms with van der Waals surface area (Å²) in [7, 11) is 0. The fraction of sp³-hybridized carbons (Fsp3) is 0.367. The van der Waals surface area contributed by atoms with E-state index in [4.69, 9.17) is 14.7 Å². The van der Waals surface area contributed by atoms with Gasteiger partial charge in [-0.3, -0.25) is 0 Å². The molecule has 0 radical (unpaired) electrons. The van der Waals surface area contributed by atoms with Gasteiger partial charge in [0, 0.05) is 13.0 Å². The molecule has 0 unspecified atom stereocenters. The average Bonchev–Trinajstić information content (AvgIpc) is 3.19. The first-order valence-corrected chi connectivity index (χ1v) is 12.8. The minimum atomic E-state index is -0.544. The number of fused-ring (bicyclic) bond motifs is 1. The van der Waals surface area contributed by atoms with Gasteiger partial charge < -0.3 is 14.6 Å². The molecular weight excluding hydrogens is 448 g/mol. The number of nitrogens with one attached hydrogen (secondary N) is 1. The minimum absolute atomic E-state index is 0.310. The summed E-state index contributed by atoms with van der Waals surface area (Å²) in [4.78, 5) is 22.6. The van der Waals surface area contributed by atoms with Crippen molar-refractivity contribution in [1.82, 2.24) is 14.5 Å². The third-order valence-electron chi connectivity index (χ3n) is 5.93. The van der Waals surface area contributed by atoms with Gasteiger partial charge in [-0.25, -0.2) is 14.8 Å². The number of carbonyl (C=O) groups is 1. The van der Waals surface area contributed by atoms with Crippen LogP contribution in [0.5, 0.6) is 0 Å². The van der Waals surface area contributed by atoms with E-state index in [2.05, 4.69) is 48.0 Å². The molecule has 0 aliphatic rings. The van der Waals surface area contributed by atoms with Crippen LogP contribution >= 0.6 is 0 Å². The predicted molar refractivity (Wildman–Crippen MR) is 146 cm³/mol. The number of esters is 1. The van der Waals surface area contributed by atoms with E-state index in [9.17, 15) is 4.79 Å². The van der Waals surface area contributed by atoms with E-state index in [-0.39, 0.29) is 5.97 Å². The van der Waals surface area contributed by atoms with Gasteiger partial charge >= 0.3 is 5.97 Å². The second-order valence-electron chi connectivity index (χ2n) is 10.0. The van der Waals surface area contributed by atoms with Gasteiger partial charge in [-0.1, -0.05) is 55.8 Å². The van der Waals surface area contributed by atoms with Crippen molar-refractivity contribution in [3.8, 4) is 11.1 Å². The van der Waals surface area contributed by atoms with E-state index >= 15 is 0 Å². The molecule has 0 aliphatic carbocycles. The summed E-state index contributed by atoms with van der Waals surface area (Å²) in [5.41, 5.74) is 4.85. The Kier molecular flexibility index (Phi) is 7.73. The first-order valence-electron chi connectivity index (χ1n) is 12.8. The van der Waals surface area contributed by atoms with Crippen molar-refractivity contribution < 1.29 is 9.53 Å². The van der Waals surface area contributed by atoms with Crippen molar-refractivity contribution in [2.45, 2.75) is 66.0 Å². The zero-order valence-corrected chi connectivity index (χ0v) is 22.0. The number of anilines is 1. The van der Waals surface area contributed by atoms with Crippen LogP contribution in [-0.2, 0) is 17.7 Å². The Morgan fingerprint density at radius 3 is 2.42 bits per heavy atom. The average molecular weight is 485 g/mol. The number of hydrogen-bond acceptors (Lipinski definition) is 5. The number of carbonyl (C=O) groups excluding carboxylic acids is 1. The van der Waals surface area contributed by atoms with Crippen LogP contribution in [0, 0.1) is 0 Å². The number of pyridine rings is 1.